The average Bonchev–Trinajstić information content (AvgIpc) is 3.28. The Bertz CT molecular complexity index is 3600. The van der Waals surface area contributed by atoms with Gasteiger partial charge in [0, 0.05) is 37.8 Å². The second-order valence-electron chi connectivity index (χ2n) is 19.4. The molecular formula is C67H60N6O9. The maximum absolute atomic E-state index is 15.1. The minimum atomic E-state index is -1.34. The summed E-state index contributed by atoms with van der Waals surface area (Å²) in [4.78, 5) is 34.1. The van der Waals surface area contributed by atoms with Crippen molar-refractivity contribution >= 4 is 5.82 Å². The number of benzene rings is 6. The zero-order chi connectivity index (χ0) is 56.5. The maximum atomic E-state index is 15.1. The molecule has 82 heavy (non-hydrogen) atoms. The van der Waals surface area contributed by atoms with Crippen molar-refractivity contribution in [3.8, 4) is 51.5 Å². The first kappa shape index (κ1) is 54.3. The van der Waals surface area contributed by atoms with Crippen molar-refractivity contribution in [3.63, 3.8) is 0 Å². The van der Waals surface area contributed by atoms with Crippen molar-refractivity contribution in [1.82, 2.24) is 24.5 Å². The Morgan fingerprint density at radius 1 is 0.476 bits per heavy atom. The van der Waals surface area contributed by atoms with E-state index in [-0.39, 0.29) is 6.61 Å². The summed E-state index contributed by atoms with van der Waals surface area (Å²) in [5, 5.41) is 3.74. The molecule has 11 rings (SSSR count). The number of hydrogen-bond acceptors (Lipinski definition) is 14. The number of anilines is 1. The van der Waals surface area contributed by atoms with Gasteiger partial charge in [0.25, 0.3) is 0 Å². The van der Waals surface area contributed by atoms with Gasteiger partial charge in [0.05, 0.1) is 51.2 Å². The molecule has 1 fully saturated rings. The Hall–Kier alpha value is -9.67. The van der Waals surface area contributed by atoms with Crippen LogP contribution in [0.25, 0.3) is 22.8 Å². The van der Waals surface area contributed by atoms with E-state index in [9.17, 15) is 0 Å². The standard InChI is InChI=1S/C67H60N6O9/c1-75-51-30-22-46(23-31-51)66(45-16-8-6-9-17-45,47-24-32-52(76-2)33-25-47)72-61-38-41-73(65(74)71-61)64-63(79-5)62(60(81-64)44-80-55-42-58(56-20-12-14-39-68-56)70-59(43-55)57-21-13-15-40-69-57)82-67(48-18-10-7-11-19-48,49-26-34-53(77-3)35-27-49)50-28-36-54(78-4)37-29-50/h6-43,60,62-64H,44H2,1-5H3,(H,71,72,74)/t60-,62-,63-,64-/m1/s1. The van der Waals surface area contributed by atoms with Gasteiger partial charge in [-0.05, 0) is 112 Å². The summed E-state index contributed by atoms with van der Waals surface area (Å²) in [6, 6.07) is 67.9. The van der Waals surface area contributed by atoms with Crippen LogP contribution in [0.15, 0.2) is 236 Å². The fourth-order valence-electron chi connectivity index (χ4n) is 10.7. The third kappa shape index (κ3) is 10.9. The lowest BCUT2D eigenvalue weighted by molar-refractivity contribution is -0.117. The summed E-state index contributed by atoms with van der Waals surface area (Å²) >= 11 is 0. The van der Waals surface area contributed by atoms with Gasteiger partial charge in [-0.3, -0.25) is 14.5 Å². The van der Waals surface area contributed by atoms with Gasteiger partial charge in [0.15, 0.2) is 6.23 Å². The van der Waals surface area contributed by atoms with Crippen molar-refractivity contribution in [1.29, 1.82) is 0 Å². The molecule has 10 aromatic rings. The molecule has 0 bridgehead atoms. The number of pyridine rings is 3. The molecule has 0 aliphatic carbocycles. The lowest BCUT2D eigenvalue weighted by Crippen LogP contribution is -2.46. The highest BCUT2D eigenvalue weighted by atomic mass is 16.6. The number of hydrogen-bond donors (Lipinski definition) is 1. The number of rotatable bonds is 21. The van der Waals surface area contributed by atoms with Crippen LogP contribution in [0.2, 0.25) is 0 Å². The zero-order valence-corrected chi connectivity index (χ0v) is 45.9. The maximum Gasteiger partial charge on any atom is 0.351 e. The minimum Gasteiger partial charge on any atom is -0.497 e. The van der Waals surface area contributed by atoms with Gasteiger partial charge in [0.2, 0.25) is 0 Å². The molecule has 412 valence electrons. The molecule has 4 atom stereocenters. The van der Waals surface area contributed by atoms with E-state index in [4.69, 9.17) is 47.9 Å². The monoisotopic (exact) mass is 1090 g/mol. The van der Waals surface area contributed by atoms with Crippen LogP contribution >= 0.6 is 0 Å². The summed E-state index contributed by atoms with van der Waals surface area (Å²) in [6.07, 6.45) is 1.22. The number of methoxy groups -OCH3 is 5. The lowest BCUT2D eigenvalue weighted by atomic mass is 9.77. The van der Waals surface area contributed by atoms with E-state index in [0.29, 0.717) is 57.3 Å². The van der Waals surface area contributed by atoms with E-state index in [0.717, 1.165) is 33.4 Å². The van der Waals surface area contributed by atoms with Crippen LogP contribution in [-0.4, -0.2) is 85.0 Å². The van der Waals surface area contributed by atoms with Crippen LogP contribution in [0.5, 0.6) is 28.7 Å². The predicted molar refractivity (Wildman–Crippen MR) is 313 cm³/mol. The van der Waals surface area contributed by atoms with Crippen LogP contribution in [0, 0.1) is 0 Å². The SMILES string of the molecule is COc1ccc(C(Nc2ccn([C@@H]3O[C@H](COc4cc(-c5ccccn5)nc(-c5ccccn5)c4)[C@@H](OC(c4ccccc4)(c4ccc(OC)cc4)c4ccc(OC)cc4)[C@H]3OC)c(=O)n2)(c2ccccc2)c2ccc(OC)cc2)cc1. The van der Waals surface area contributed by atoms with Gasteiger partial charge in [0.1, 0.15) is 70.6 Å². The summed E-state index contributed by atoms with van der Waals surface area (Å²) < 4.78 is 52.3. The molecule has 0 unspecified atom stereocenters. The van der Waals surface area contributed by atoms with Gasteiger partial charge >= 0.3 is 5.69 Å². The molecule has 5 heterocycles. The van der Waals surface area contributed by atoms with Gasteiger partial charge in [-0.1, -0.05) is 121 Å². The van der Waals surface area contributed by atoms with E-state index < -0.39 is 41.4 Å². The first-order chi connectivity index (χ1) is 40.3. The zero-order valence-electron chi connectivity index (χ0n) is 45.9. The summed E-state index contributed by atoms with van der Waals surface area (Å²) in [7, 11) is 8.11. The topological polar surface area (TPSA) is 159 Å². The smallest absolute Gasteiger partial charge is 0.351 e. The van der Waals surface area contributed by atoms with Crippen molar-refractivity contribution < 1.29 is 37.9 Å². The molecule has 0 radical (unpaired) electrons. The fourth-order valence-corrected chi connectivity index (χ4v) is 10.7. The predicted octanol–water partition coefficient (Wildman–Crippen LogP) is 11.6. The highest BCUT2D eigenvalue weighted by Crippen LogP contribution is 2.47. The number of aromatic nitrogens is 5. The summed E-state index contributed by atoms with van der Waals surface area (Å²) in [5.74, 6) is 3.47. The van der Waals surface area contributed by atoms with E-state index in [1.165, 1.54) is 4.57 Å². The van der Waals surface area contributed by atoms with Crippen molar-refractivity contribution in [3.05, 3.63) is 275 Å². The van der Waals surface area contributed by atoms with Crippen LogP contribution < -0.4 is 34.7 Å². The molecule has 15 nitrogen and oxygen atoms in total. The second kappa shape index (κ2) is 24.4. The molecule has 1 saturated heterocycles. The van der Waals surface area contributed by atoms with Crippen LogP contribution in [-0.2, 0) is 25.4 Å². The van der Waals surface area contributed by atoms with E-state index in [1.807, 2.05) is 206 Å². The van der Waals surface area contributed by atoms with Gasteiger partial charge in [-0.2, -0.15) is 4.98 Å². The Balaban J connectivity index is 1.04. The van der Waals surface area contributed by atoms with Gasteiger partial charge in [-0.15, -0.1) is 0 Å². The van der Waals surface area contributed by atoms with Crippen LogP contribution in [0.3, 0.4) is 0 Å². The number of nitrogens with one attached hydrogen (secondary N) is 1. The Labute approximate surface area is 475 Å². The highest BCUT2D eigenvalue weighted by Gasteiger charge is 2.53. The normalized spacial score (nSPS) is 16.0. The Morgan fingerprint density at radius 3 is 1.35 bits per heavy atom. The summed E-state index contributed by atoms with van der Waals surface area (Å²) in [6.45, 7) is -0.0738. The van der Waals surface area contributed by atoms with Crippen LogP contribution in [0.4, 0.5) is 5.82 Å². The average molecular weight is 1090 g/mol. The molecule has 4 aromatic heterocycles. The number of nitrogens with zero attached hydrogens (tertiary/aromatic N) is 5. The quantitative estimate of drug-likeness (QED) is 0.0677. The molecule has 1 aliphatic rings. The Morgan fingerprint density at radius 2 is 0.915 bits per heavy atom. The van der Waals surface area contributed by atoms with Gasteiger partial charge < -0.3 is 43.2 Å². The summed E-state index contributed by atoms with van der Waals surface area (Å²) in [5.41, 5.74) is 4.41. The minimum absolute atomic E-state index is 0.0738. The van der Waals surface area contributed by atoms with Crippen molar-refractivity contribution in [2.45, 2.75) is 35.7 Å². The lowest BCUT2D eigenvalue weighted by Gasteiger charge is -2.40. The Kier molecular flexibility index (Phi) is 16.1. The molecule has 6 aromatic carbocycles. The van der Waals surface area contributed by atoms with Crippen molar-refractivity contribution in [2.75, 3.05) is 47.5 Å². The molecular weight excluding hydrogens is 1030 g/mol. The van der Waals surface area contributed by atoms with E-state index in [1.54, 1.807) is 60.2 Å². The molecule has 1 N–H and O–H groups in total. The first-order valence-electron chi connectivity index (χ1n) is 26.7. The van der Waals surface area contributed by atoms with Gasteiger partial charge in [-0.25, -0.2) is 9.78 Å². The van der Waals surface area contributed by atoms with Crippen molar-refractivity contribution in [2.24, 2.45) is 0 Å². The van der Waals surface area contributed by atoms with Crippen LogP contribution in [0.1, 0.15) is 39.6 Å². The molecule has 0 saturated carbocycles. The molecule has 0 spiro atoms. The molecule has 0 amide bonds. The van der Waals surface area contributed by atoms with E-state index >= 15 is 4.79 Å². The third-order valence-corrected chi connectivity index (χ3v) is 14.8. The highest BCUT2D eigenvalue weighted by molar-refractivity contribution is 5.65. The second-order valence-corrected chi connectivity index (χ2v) is 19.4. The number of ether oxygens (including phenoxy) is 8. The third-order valence-electron chi connectivity index (χ3n) is 14.8. The largest absolute Gasteiger partial charge is 0.497 e. The molecule has 1 aliphatic heterocycles. The fraction of sp³-hybridized carbons (Fsp3) is 0.179. The van der Waals surface area contributed by atoms with E-state index in [2.05, 4.69) is 15.3 Å². The first-order valence-corrected chi connectivity index (χ1v) is 26.7. The molecule has 15 heteroatoms.